The average Bonchev–Trinajstić information content (AvgIpc) is 3.05. The summed E-state index contributed by atoms with van der Waals surface area (Å²) in [4.78, 5) is 37.7. The van der Waals surface area contributed by atoms with Crippen molar-refractivity contribution in [3.05, 3.63) is 0 Å². The van der Waals surface area contributed by atoms with Crippen molar-refractivity contribution >= 4 is 29.5 Å². The van der Waals surface area contributed by atoms with Crippen molar-refractivity contribution in [3.63, 3.8) is 0 Å². The molecule has 7 nitrogen and oxygen atoms in total. The van der Waals surface area contributed by atoms with Crippen LogP contribution < -0.4 is 5.32 Å². The second-order valence-electron chi connectivity index (χ2n) is 6.27. The van der Waals surface area contributed by atoms with E-state index in [0.717, 1.165) is 6.42 Å². The molecule has 2 saturated heterocycles. The number of hydrogen-bond donors (Lipinski definition) is 2. The predicted molar refractivity (Wildman–Crippen MR) is 90.5 cm³/mol. The topological polar surface area (TPSA) is 95.9 Å². The second kappa shape index (κ2) is 9.27. The van der Waals surface area contributed by atoms with Crippen molar-refractivity contribution in [2.45, 2.75) is 38.6 Å². The lowest BCUT2D eigenvalue weighted by atomic mass is 9.86. The van der Waals surface area contributed by atoms with Gasteiger partial charge in [0.25, 0.3) is 0 Å². The van der Waals surface area contributed by atoms with Crippen molar-refractivity contribution < 1.29 is 24.2 Å². The highest BCUT2D eigenvalue weighted by molar-refractivity contribution is 7.99. The number of aliphatic carboxylic acids is 1. The van der Waals surface area contributed by atoms with Gasteiger partial charge in [0, 0.05) is 31.9 Å². The molecule has 0 aromatic carbocycles. The molecule has 2 aliphatic rings. The van der Waals surface area contributed by atoms with E-state index >= 15 is 0 Å². The van der Waals surface area contributed by atoms with Gasteiger partial charge in [-0.3, -0.25) is 14.4 Å². The Morgan fingerprint density at radius 1 is 1.33 bits per heavy atom. The molecule has 2 rings (SSSR count). The van der Waals surface area contributed by atoms with E-state index in [9.17, 15) is 19.5 Å². The molecule has 2 N–H and O–H groups in total. The first-order chi connectivity index (χ1) is 11.5. The lowest BCUT2D eigenvalue weighted by molar-refractivity contribution is -0.145. The molecule has 0 aromatic heterocycles. The summed E-state index contributed by atoms with van der Waals surface area (Å²) in [5, 5.41) is 12.2. The van der Waals surface area contributed by atoms with Crippen LogP contribution in [0.4, 0.5) is 0 Å². The van der Waals surface area contributed by atoms with Gasteiger partial charge in [-0.2, -0.15) is 0 Å². The Kier molecular flexibility index (Phi) is 7.36. The van der Waals surface area contributed by atoms with Gasteiger partial charge in [-0.25, -0.2) is 0 Å². The van der Waals surface area contributed by atoms with Crippen LogP contribution in [0, 0.1) is 11.8 Å². The number of carbonyl (C=O) groups is 3. The summed E-state index contributed by atoms with van der Waals surface area (Å²) >= 11 is 1.55. The molecule has 2 atom stereocenters. The fourth-order valence-corrected chi connectivity index (χ4v) is 4.35. The number of nitrogens with zero attached hydrogens (tertiary/aromatic N) is 1. The molecule has 136 valence electrons. The van der Waals surface area contributed by atoms with Crippen LogP contribution in [0.3, 0.4) is 0 Å². The third-order valence-electron chi connectivity index (χ3n) is 4.62. The molecule has 0 radical (unpaired) electrons. The minimum absolute atomic E-state index is 0.0122. The highest BCUT2D eigenvalue weighted by atomic mass is 32.2. The summed E-state index contributed by atoms with van der Waals surface area (Å²) in [7, 11) is 0. The van der Waals surface area contributed by atoms with E-state index < -0.39 is 17.9 Å². The molecule has 8 heteroatoms. The smallest absolute Gasteiger partial charge is 0.308 e. The fraction of sp³-hybridized carbons (Fsp3) is 0.812. The minimum Gasteiger partial charge on any atom is -0.481 e. The Bertz CT molecular complexity index is 467. The number of carboxylic acid groups (broad SMARTS) is 1. The number of hydrogen-bond acceptors (Lipinski definition) is 5. The number of carbonyl (C=O) groups excluding carboxylic acids is 2. The Morgan fingerprint density at radius 3 is 2.67 bits per heavy atom. The lowest BCUT2D eigenvalue weighted by Gasteiger charge is -2.28. The van der Waals surface area contributed by atoms with Crippen LogP contribution in [0.15, 0.2) is 0 Å². The highest BCUT2D eigenvalue weighted by Crippen LogP contribution is 2.25. The van der Waals surface area contributed by atoms with E-state index in [1.54, 1.807) is 16.7 Å². The molecule has 2 heterocycles. The molecule has 0 spiro atoms. The zero-order valence-electron chi connectivity index (χ0n) is 14.0. The van der Waals surface area contributed by atoms with Gasteiger partial charge in [-0.1, -0.05) is 6.92 Å². The first-order valence-corrected chi connectivity index (χ1v) is 9.65. The maximum absolute atomic E-state index is 12.4. The van der Waals surface area contributed by atoms with Crippen LogP contribution in [0.2, 0.25) is 0 Å². The Morgan fingerprint density at radius 2 is 2.04 bits per heavy atom. The highest BCUT2D eigenvalue weighted by Gasteiger charge is 2.36. The van der Waals surface area contributed by atoms with E-state index in [4.69, 9.17) is 4.74 Å². The molecule has 2 amide bonds. The number of carboxylic acids is 1. The second-order valence-corrected chi connectivity index (χ2v) is 7.27. The maximum Gasteiger partial charge on any atom is 0.308 e. The van der Waals surface area contributed by atoms with Gasteiger partial charge in [0.1, 0.15) is 6.04 Å². The molecule has 0 aliphatic carbocycles. The van der Waals surface area contributed by atoms with Gasteiger partial charge < -0.3 is 20.1 Å². The predicted octanol–water partition coefficient (Wildman–Crippen LogP) is 0.932. The third kappa shape index (κ3) is 4.86. The molecular formula is C16H26N2O5S. The number of nitrogens with one attached hydrogen (secondary N) is 1. The van der Waals surface area contributed by atoms with Crippen LogP contribution in [0.1, 0.15) is 32.6 Å². The summed E-state index contributed by atoms with van der Waals surface area (Å²) in [6.07, 6.45) is 2.59. The van der Waals surface area contributed by atoms with Crippen molar-refractivity contribution in [3.8, 4) is 0 Å². The molecule has 0 bridgehead atoms. The van der Waals surface area contributed by atoms with Crippen molar-refractivity contribution in [1.82, 2.24) is 10.2 Å². The number of ether oxygens (including phenoxy) is 1. The van der Waals surface area contributed by atoms with Crippen LogP contribution in [-0.4, -0.2) is 65.2 Å². The van der Waals surface area contributed by atoms with Crippen LogP contribution in [-0.2, 0) is 19.1 Å². The summed E-state index contributed by atoms with van der Waals surface area (Å²) in [6.45, 7) is 3.18. The summed E-state index contributed by atoms with van der Waals surface area (Å²) in [5.74, 6) is -0.638. The largest absolute Gasteiger partial charge is 0.481 e. The van der Waals surface area contributed by atoms with Gasteiger partial charge in [-0.05, 0) is 25.2 Å². The van der Waals surface area contributed by atoms with Gasteiger partial charge in [-0.15, -0.1) is 11.8 Å². The molecule has 2 fully saturated rings. The van der Waals surface area contributed by atoms with Crippen LogP contribution >= 0.6 is 11.8 Å². The molecule has 0 saturated carbocycles. The summed E-state index contributed by atoms with van der Waals surface area (Å²) in [6, 6.07) is -0.488. The maximum atomic E-state index is 12.4. The van der Waals surface area contributed by atoms with Gasteiger partial charge in [0.05, 0.1) is 11.8 Å². The Balaban J connectivity index is 1.90. The lowest BCUT2D eigenvalue weighted by Crippen LogP contribution is -2.49. The van der Waals surface area contributed by atoms with Crippen molar-refractivity contribution in [2.24, 2.45) is 11.8 Å². The molecule has 2 unspecified atom stereocenters. The molecule has 0 aromatic rings. The fourth-order valence-electron chi connectivity index (χ4n) is 3.17. The summed E-state index contributed by atoms with van der Waals surface area (Å²) in [5.41, 5.74) is 0. The van der Waals surface area contributed by atoms with Gasteiger partial charge in [0.15, 0.2) is 0 Å². The first-order valence-electron chi connectivity index (χ1n) is 8.50. The average molecular weight is 358 g/mol. The van der Waals surface area contributed by atoms with Crippen LogP contribution in [0.5, 0.6) is 0 Å². The van der Waals surface area contributed by atoms with Gasteiger partial charge in [0.2, 0.25) is 11.8 Å². The zero-order chi connectivity index (χ0) is 17.5. The third-order valence-corrected chi connectivity index (χ3v) is 5.63. The van der Waals surface area contributed by atoms with E-state index in [0.29, 0.717) is 44.1 Å². The molecular weight excluding hydrogens is 332 g/mol. The number of rotatable bonds is 7. The van der Waals surface area contributed by atoms with E-state index in [-0.39, 0.29) is 24.3 Å². The number of amides is 2. The minimum atomic E-state index is -0.887. The van der Waals surface area contributed by atoms with Crippen LogP contribution in [0.25, 0.3) is 0 Å². The standard InChI is InChI=1S/C16H26N2O5S/c1-2-3-14(19)18-10-24-9-13(18)15(20)17-8-12(16(21)22)11-4-6-23-7-5-11/h11-13H,2-10H2,1H3,(H,17,20)(H,21,22). The zero-order valence-corrected chi connectivity index (χ0v) is 14.8. The monoisotopic (exact) mass is 358 g/mol. The summed E-state index contributed by atoms with van der Waals surface area (Å²) < 4.78 is 5.27. The van der Waals surface area contributed by atoms with E-state index in [2.05, 4.69) is 5.32 Å². The van der Waals surface area contributed by atoms with Crippen molar-refractivity contribution in [2.75, 3.05) is 31.4 Å². The SMILES string of the molecule is CCCC(=O)N1CSCC1C(=O)NCC(C(=O)O)C1CCOCC1. The van der Waals surface area contributed by atoms with E-state index in [1.165, 1.54) is 0 Å². The van der Waals surface area contributed by atoms with E-state index in [1.807, 2.05) is 6.92 Å². The molecule has 24 heavy (non-hydrogen) atoms. The molecule has 2 aliphatic heterocycles. The first kappa shape index (κ1) is 19.1. The Hall–Kier alpha value is -1.28. The normalized spacial score (nSPS) is 23.0. The Labute approximate surface area is 146 Å². The van der Waals surface area contributed by atoms with Crippen molar-refractivity contribution in [1.29, 1.82) is 0 Å². The number of thioether (sulfide) groups is 1. The van der Waals surface area contributed by atoms with Gasteiger partial charge >= 0.3 is 5.97 Å². The quantitative estimate of drug-likeness (QED) is 0.703.